The van der Waals surface area contributed by atoms with Crippen molar-refractivity contribution < 1.29 is 4.74 Å². The van der Waals surface area contributed by atoms with Gasteiger partial charge in [0.25, 0.3) is 6.02 Å². The van der Waals surface area contributed by atoms with E-state index in [1.807, 2.05) is 0 Å². The first-order valence-electron chi connectivity index (χ1n) is 10.2. The van der Waals surface area contributed by atoms with Crippen LogP contribution in [0.1, 0.15) is 35.6 Å². The average Bonchev–Trinajstić information content (AvgIpc) is 2.74. The van der Waals surface area contributed by atoms with Gasteiger partial charge in [0.1, 0.15) is 6.10 Å². The van der Waals surface area contributed by atoms with Crippen molar-refractivity contribution in [1.82, 2.24) is 9.80 Å². The van der Waals surface area contributed by atoms with Crippen LogP contribution in [-0.2, 0) is 11.2 Å². The Morgan fingerprint density at radius 1 is 0.929 bits per heavy atom. The molecule has 5 heteroatoms. The Morgan fingerprint density at radius 3 is 2.36 bits per heavy atom. The Kier molecular flexibility index (Phi) is 5.61. The minimum Gasteiger partial charge on any atom is -0.460 e. The van der Waals surface area contributed by atoms with E-state index >= 15 is 0 Å². The van der Waals surface area contributed by atoms with Gasteiger partial charge in [-0.25, -0.2) is 0 Å². The first kappa shape index (κ1) is 19.3. The summed E-state index contributed by atoms with van der Waals surface area (Å²) >= 11 is 0. The topological polar surface area (TPSA) is 39.6 Å². The number of nitrogens with zero attached hydrogens (tertiary/aromatic N) is 2. The number of fused-ring (bicyclic) bond motifs is 4. The molecule has 0 aromatic heterocycles. The van der Waals surface area contributed by atoms with Gasteiger partial charge in [-0.1, -0.05) is 54.6 Å². The van der Waals surface area contributed by atoms with Crippen molar-refractivity contribution in [3.05, 3.63) is 71.3 Å². The van der Waals surface area contributed by atoms with Crippen LogP contribution in [0.25, 0.3) is 0 Å². The molecule has 0 spiro atoms. The Labute approximate surface area is 173 Å². The molecule has 28 heavy (non-hydrogen) atoms. The van der Waals surface area contributed by atoms with Gasteiger partial charge < -0.3 is 9.64 Å². The van der Waals surface area contributed by atoms with Crippen molar-refractivity contribution in [2.75, 3.05) is 26.2 Å². The highest BCUT2D eigenvalue weighted by Crippen LogP contribution is 2.36. The van der Waals surface area contributed by atoms with Crippen molar-refractivity contribution >= 4 is 18.4 Å². The molecule has 3 fully saturated rings. The quantitative estimate of drug-likeness (QED) is 0.612. The summed E-state index contributed by atoms with van der Waals surface area (Å²) in [6.07, 6.45) is 3.56. The molecule has 2 aromatic rings. The van der Waals surface area contributed by atoms with E-state index in [9.17, 15) is 0 Å². The Bertz CT molecular complexity index is 820. The van der Waals surface area contributed by atoms with Crippen molar-refractivity contribution in [1.29, 1.82) is 5.41 Å². The third-order valence-electron chi connectivity index (χ3n) is 6.52. The fourth-order valence-electron chi connectivity index (χ4n) is 5.04. The van der Waals surface area contributed by atoms with E-state index in [2.05, 4.69) is 64.4 Å². The summed E-state index contributed by atoms with van der Waals surface area (Å²) in [5.41, 5.74) is 3.92. The van der Waals surface area contributed by atoms with Crippen LogP contribution in [0.5, 0.6) is 0 Å². The second-order valence-corrected chi connectivity index (χ2v) is 8.05. The number of hydrogen-bond acceptors (Lipinski definition) is 3. The Balaban J connectivity index is 0.00000192. The molecular weight excluding hydrogens is 370 g/mol. The SMILES string of the molecule is Cl.N=C(OC1CN2CCC1CC2)N1CCc2ccccc2C1c1ccccc1. The first-order chi connectivity index (χ1) is 13.3. The minimum absolute atomic E-state index is 0. The number of halogens is 1. The van der Waals surface area contributed by atoms with E-state index in [4.69, 9.17) is 10.1 Å². The molecule has 2 bridgehead atoms. The Morgan fingerprint density at radius 2 is 1.64 bits per heavy atom. The van der Waals surface area contributed by atoms with Gasteiger partial charge in [-0.3, -0.25) is 10.3 Å². The van der Waals surface area contributed by atoms with E-state index in [1.54, 1.807) is 0 Å². The number of piperidine rings is 3. The smallest absolute Gasteiger partial charge is 0.285 e. The van der Waals surface area contributed by atoms with E-state index in [0.29, 0.717) is 11.9 Å². The van der Waals surface area contributed by atoms with E-state index in [-0.39, 0.29) is 24.6 Å². The summed E-state index contributed by atoms with van der Waals surface area (Å²) in [7, 11) is 0. The number of amidine groups is 1. The summed E-state index contributed by atoms with van der Waals surface area (Å²) in [6.45, 7) is 4.20. The molecule has 2 atom stereocenters. The predicted molar refractivity (Wildman–Crippen MR) is 114 cm³/mol. The van der Waals surface area contributed by atoms with Crippen LogP contribution in [0.15, 0.2) is 54.6 Å². The monoisotopic (exact) mass is 397 g/mol. The summed E-state index contributed by atoms with van der Waals surface area (Å²) < 4.78 is 6.30. The second kappa shape index (κ2) is 8.14. The molecule has 0 aliphatic carbocycles. The van der Waals surface area contributed by atoms with Gasteiger partial charge in [-0.05, 0) is 55.0 Å². The lowest BCUT2D eigenvalue weighted by molar-refractivity contribution is -0.0256. The minimum atomic E-state index is 0. The highest BCUT2D eigenvalue weighted by atomic mass is 35.5. The van der Waals surface area contributed by atoms with Crippen LogP contribution in [0.2, 0.25) is 0 Å². The maximum atomic E-state index is 8.81. The molecule has 0 amide bonds. The molecule has 0 radical (unpaired) electrons. The lowest BCUT2D eigenvalue weighted by Crippen LogP contribution is -2.53. The molecule has 4 aliphatic heterocycles. The van der Waals surface area contributed by atoms with Gasteiger partial charge >= 0.3 is 0 Å². The van der Waals surface area contributed by atoms with Crippen LogP contribution < -0.4 is 0 Å². The molecule has 4 aliphatic rings. The molecule has 4 nitrogen and oxygen atoms in total. The molecule has 148 valence electrons. The molecule has 2 aromatic carbocycles. The lowest BCUT2D eigenvalue weighted by atomic mass is 9.86. The third kappa shape index (κ3) is 3.51. The maximum absolute atomic E-state index is 8.81. The number of nitrogens with one attached hydrogen (secondary N) is 1. The molecule has 6 rings (SSSR count). The molecule has 3 saturated heterocycles. The van der Waals surface area contributed by atoms with Gasteiger partial charge in [0.05, 0.1) is 6.04 Å². The summed E-state index contributed by atoms with van der Waals surface area (Å²) in [4.78, 5) is 4.65. The fourth-order valence-corrected chi connectivity index (χ4v) is 5.04. The molecule has 4 heterocycles. The maximum Gasteiger partial charge on any atom is 0.285 e. The Hall–Kier alpha value is -2.04. The van der Waals surface area contributed by atoms with E-state index in [1.165, 1.54) is 42.6 Å². The molecule has 2 unspecified atom stereocenters. The number of rotatable bonds is 2. The first-order valence-corrected chi connectivity index (χ1v) is 10.2. The van der Waals surface area contributed by atoms with Gasteiger partial charge in [0.15, 0.2) is 0 Å². The average molecular weight is 398 g/mol. The zero-order valence-corrected chi connectivity index (χ0v) is 16.9. The summed E-state index contributed by atoms with van der Waals surface area (Å²) in [5.74, 6) is 0.614. The van der Waals surface area contributed by atoms with Crippen LogP contribution in [0, 0.1) is 11.3 Å². The standard InChI is InChI=1S/C23H27N3O.ClH/c24-23(27-21-16-25-13-10-18(21)11-14-25)26-15-12-17-6-4-5-9-20(17)22(26)19-7-2-1-3-8-19;/h1-9,18,21-22,24H,10-16H2;1H. The van der Waals surface area contributed by atoms with Crippen molar-refractivity contribution in [3.63, 3.8) is 0 Å². The van der Waals surface area contributed by atoms with Crippen molar-refractivity contribution in [3.8, 4) is 0 Å². The highest BCUT2D eigenvalue weighted by molar-refractivity contribution is 5.85. The number of benzene rings is 2. The zero-order chi connectivity index (χ0) is 18.2. The predicted octanol–water partition coefficient (Wildman–Crippen LogP) is 4.10. The van der Waals surface area contributed by atoms with Gasteiger partial charge in [0.2, 0.25) is 0 Å². The highest BCUT2D eigenvalue weighted by Gasteiger charge is 2.38. The van der Waals surface area contributed by atoms with Crippen molar-refractivity contribution in [2.45, 2.75) is 31.4 Å². The molecular formula is C23H28ClN3O. The summed E-state index contributed by atoms with van der Waals surface area (Å²) in [6, 6.07) is 19.6. The second-order valence-electron chi connectivity index (χ2n) is 8.05. The van der Waals surface area contributed by atoms with Gasteiger partial charge in [0, 0.05) is 13.1 Å². The largest absolute Gasteiger partial charge is 0.460 e. The van der Waals surface area contributed by atoms with Crippen molar-refractivity contribution in [2.24, 2.45) is 5.92 Å². The van der Waals surface area contributed by atoms with Crippen LogP contribution in [0.4, 0.5) is 0 Å². The molecule has 1 N–H and O–H groups in total. The molecule has 0 saturated carbocycles. The van der Waals surface area contributed by atoms with E-state index in [0.717, 1.165) is 19.5 Å². The normalized spacial score (nSPS) is 28.2. The van der Waals surface area contributed by atoms with Crippen LogP contribution >= 0.6 is 12.4 Å². The number of ether oxygens (including phenoxy) is 1. The van der Waals surface area contributed by atoms with Crippen LogP contribution in [-0.4, -0.2) is 48.1 Å². The summed E-state index contributed by atoms with van der Waals surface area (Å²) in [5, 5.41) is 8.81. The fraction of sp³-hybridized carbons (Fsp3) is 0.435. The zero-order valence-electron chi connectivity index (χ0n) is 16.1. The van der Waals surface area contributed by atoms with Gasteiger partial charge in [-0.2, -0.15) is 0 Å². The van der Waals surface area contributed by atoms with Gasteiger partial charge in [-0.15, -0.1) is 12.4 Å². The van der Waals surface area contributed by atoms with E-state index < -0.39 is 0 Å². The lowest BCUT2D eigenvalue weighted by Gasteiger charge is -2.46. The van der Waals surface area contributed by atoms with Crippen LogP contribution in [0.3, 0.4) is 0 Å². The number of hydrogen-bond donors (Lipinski definition) is 1. The third-order valence-corrected chi connectivity index (χ3v) is 6.52.